The van der Waals surface area contributed by atoms with E-state index in [4.69, 9.17) is 16.0 Å². The fraction of sp³-hybridized carbons (Fsp3) is 0.818. The van der Waals surface area contributed by atoms with E-state index in [0.29, 0.717) is 19.5 Å². The highest BCUT2D eigenvalue weighted by Crippen LogP contribution is 2.28. The molecule has 2 unspecified atom stereocenters. The lowest BCUT2D eigenvalue weighted by Crippen LogP contribution is -2.48. The summed E-state index contributed by atoms with van der Waals surface area (Å²) in [4.78, 5) is 14.0. The Hall–Kier alpha value is -1.30. The summed E-state index contributed by atoms with van der Waals surface area (Å²) in [6.45, 7) is 4.77. The van der Waals surface area contributed by atoms with Gasteiger partial charge < -0.3 is 20.9 Å². The molecule has 1 fully saturated rings. The number of hydrogen-bond acceptors (Lipinski definition) is 4. The normalized spacial score (nSPS) is 24.8. The molecule has 1 heterocycles. The van der Waals surface area contributed by atoms with Crippen molar-refractivity contribution >= 4 is 11.7 Å². The van der Waals surface area contributed by atoms with Gasteiger partial charge in [-0.15, -0.1) is 0 Å². The number of nitrogens with two attached hydrogens (primary N) is 1. The van der Waals surface area contributed by atoms with Gasteiger partial charge in [0.15, 0.2) is 5.84 Å². The summed E-state index contributed by atoms with van der Waals surface area (Å²) in [5, 5.41) is 20.8. The molecule has 0 aromatic carbocycles. The molecule has 98 valence electrons. The van der Waals surface area contributed by atoms with Crippen LogP contribution in [0.15, 0.2) is 5.16 Å². The number of carbonyl (C=O) groups is 1. The van der Waals surface area contributed by atoms with Gasteiger partial charge in [0.05, 0.1) is 0 Å². The molecule has 0 aliphatic carbocycles. The molecule has 6 nitrogen and oxygen atoms in total. The monoisotopic (exact) mass is 243 g/mol. The zero-order chi connectivity index (χ0) is 13.1. The van der Waals surface area contributed by atoms with E-state index in [1.807, 2.05) is 6.92 Å². The van der Waals surface area contributed by atoms with Crippen molar-refractivity contribution in [1.82, 2.24) is 4.90 Å². The summed E-state index contributed by atoms with van der Waals surface area (Å²) in [6.07, 6.45) is 1.28. The Bertz CT molecular complexity index is 319. The van der Waals surface area contributed by atoms with Crippen LogP contribution in [0.1, 0.15) is 26.7 Å². The Morgan fingerprint density at radius 2 is 2.29 bits per heavy atom. The van der Waals surface area contributed by atoms with Gasteiger partial charge >= 0.3 is 0 Å². The highest BCUT2D eigenvalue weighted by atomic mass is 16.4. The molecule has 0 saturated carbocycles. The van der Waals surface area contributed by atoms with Gasteiger partial charge in [0.25, 0.3) is 0 Å². The van der Waals surface area contributed by atoms with Gasteiger partial charge in [-0.1, -0.05) is 12.1 Å². The van der Waals surface area contributed by atoms with Crippen LogP contribution in [0.3, 0.4) is 0 Å². The number of hydrogen-bond donors (Lipinski definition) is 3. The van der Waals surface area contributed by atoms with E-state index in [9.17, 15) is 4.79 Å². The van der Waals surface area contributed by atoms with E-state index >= 15 is 0 Å². The number of rotatable bonds is 4. The summed E-state index contributed by atoms with van der Waals surface area (Å²) in [6, 6.07) is 0. The van der Waals surface area contributed by atoms with E-state index in [-0.39, 0.29) is 24.3 Å². The average Bonchev–Trinajstić information content (AvgIpc) is 2.84. The lowest BCUT2D eigenvalue weighted by molar-refractivity contribution is -0.137. The Balaban J connectivity index is 2.81. The quantitative estimate of drug-likeness (QED) is 0.280. The third-order valence-electron chi connectivity index (χ3n) is 3.68. The molecule has 4 N–H and O–H groups in total. The second kappa shape index (κ2) is 5.35. The molecule has 1 rings (SSSR count). The van der Waals surface area contributed by atoms with E-state index in [0.717, 1.165) is 6.42 Å². The minimum atomic E-state index is -0.959. The van der Waals surface area contributed by atoms with Crippen molar-refractivity contribution in [3.8, 4) is 0 Å². The summed E-state index contributed by atoms with van der Waals surface area (Å²) in [5.41, 5.74) is 4.64. The number of amidine groups is 1. The van der Waals surface area contributed by atoms with E-state index in [1.54, 1.807) is 11.8 Å². The summed E-state index contributed by atoms with van der Waals surface area (Å²) >= 11 is 0. The van der Waals surface area contributed by atoms with Gasteiger partial charge in [-0.2, -0.15) is 0 Å². The first-order valence-corrected chi connectivity index (χ1v) is 5.87. The lowest BCUT2D eigenvalue weighted by Gasteiger charge is -2.30. The van der Waals surface area contributed by atoms with Crippen LogP contribution in [-0.2, 0) is 4.79 Å². The van der Waals surface area contributed by atoms with E-state index < -0.39 is 5.41 Å². The van der Waals surface area contributed by atoms with Crippen LogP contribution in [0.2, 0.25) is 0 Å². The molecule has 0 spiro atoms. The molecule has 0 bridgehead atoms. The van der Waals surface area contributed by atoms with Crippen molar-refractivity contribution in [2.75, 3.05) is 19.7 Å². The molecule has 1 aliphatic rings. The van der Waals surface area contributed by atoms with Crippen molar-refractivity contribution in [3.63, 3.8) is 0 Å². The summed E-state index contributed by atoms with van der Waals surface area (Å²) in [7, 11) is 0. The van der Waals surface area contributed by atoms with Crippen LogP contribution < -0.4 is 5.73 Å². The van der Waals surface area contributed by atoms with Gasteiger partial charge in [0.2, 0.25) is 5.91 Å². The second-order valence-electron chi connectivity index (χ2n) is 4.76. The van der Waals surface area contributed by atoms with E-state index in [1.165, 1.54) is 0 Å². The molecule has 0 aromatic rings. The minimum Gasteiger partial charge on any atom is -0.409 e. The average molecular weight is 243 g/mol. The summed E-state index contributed by atoms with van der Waals surface area (Å²) in [5.74, 6) is -0.0453. The van der Waals surface area contributed by atoms with Crippen molar-refractivity contribution in [3.05, 3.63) is 0 Å². The van der Waals surface area contributed by atoms with Crippen LogP contribution >= 0.6 is 0 Å². The standard InChI is InChI=1S/C11H21N3O3/c1-3-11(2,9(12)13-17)10(16)14-5-4-8(6-14)7-15/h8,15,17H,3-7H2,1-2H3,(H2,12,13). The topological polar surface area (TPSA) is 99.2 Å². The van der Waals surface area contributed by atoms with Crippen LogP contribution in [-0.4, -0.2) is 46.7 Å². The molecule has 1 aliphatic heterocycles. The predicted octanol–water partition coefficient (Wildman–Crippen LogP) is -0.0101. The Kier molecular flexibility index (Phi) is 4.34. The lowest BCUT2D eigenvalue weighted by atomic mass is 9.84. The van der Waals surface area contributed by atoms with Crippen LogP contribution in [0.25, 0.3) is 0 Å². The number of likely N-dealkylation sites (tertiary alicyclic amines) is 1. The Labute approximate surface area is 101 Å². The number of oxime groups is 1. The first-order chi connectivity index (χ1) is 7.99. The molecule has 0 aromatic heterocycles. The largest absolute Gasteiger partial charge is 0.409 e. The Morgan fingerprint density at radius 1 is 1.65 bits per heavy atom. The Morgan fingerprint density at radius 3 is 2.71 bits per heavy atom. The maximum absolute atomic E-state index is 12.3. The molecule has 1 amide bonds. The molecular weight excluding hydrogens is 222 g/mol. The highest BCUT2D eigenvalue weighted by molar-refractivity contribution is 6.06. The number of carbonyl (C=O) groups excluding carboxylic acids is 1. The van der Waals surface area contributed by atoms with Gasteiger partial charge in [-0.25, -0.2) is 0 Å². The van der Waals surface area contributed by atoms with Crippen molar-refractivity contribution in [2.24, 2.45) is 22.2 Å². The van der Waals surface area contributed by atoms with Crippen molar-refractivity contribution < 1.29 is 15.1 Å². The molecular formula is C11H21N3O3. The zero-order valence-electron chi connectivity index (χ0n) is 10.4. The molecule has 17 heavy (non-hydrogen) atoms. The first-order valence-electron chi connectivity index (χ1n) is 5.87. The third-order valence-corrected chi connectivity index (χ3v) is 3.68. The number of nitrogens with zero attached hydrogens (tertiary/aromatic N) is 2. The first kappa shape index (κ1) is 13.8. The van der Waals surface area contributed by atoms with Crippen LogP contribution in [0.5, 0.6) is 0 Å². The predicted molar refractivity (Wildman–Crippen MR) is 63.6 cm³/mol. The fourth-order valence-corrected chi connectivity index (χ4v) is 2.07. The summed E-state index contributed by atoms with van der Waals surface area (Å²) < 4.78 is 0. The smallest absolute Gasteiger partial charge is 0.236 e. The van der Waals surface area contributed by atoms with Crippen molar-refractivity contribution in [1.29, 1.82) is 0 Å². The van der Waals surface area contributed by atoms with Crippen LogP contribution in [0.4, 0.5) is 0 Å². The van der Waals surface area contributed by atoms with Gasteiger partial charge in [-0.3, -0.25) is 4.79 Å². The van der Waals surface area contributed by atoms with Gasteiger partial charge in [-0.05, 0) is 19.8 Å². The van der Waals surface area contributed by atoms with Gasteiger partial charge in [0.1, 0.15) is 5.41 Å². The number of aliphatic hydroxyl groups is 1. The third kappa shape index (κ3) is 2.52. The van der Waals surface area contributed by atoms with Crippen LogP contribution in [0, 0.1) is 11.3 Å². The molecule has 0 radical (unpaired) electrons. The van der Waals surface area contributed by atoms with E-state index in [2.05, 4.69) is 5.16 Å². The molecule has 6 heteroatoms. The second-order valence-corrected chi connectivity index (χ2v) is 4.76. The molecule has 2 atom stereocenters. The zero-order valence-corrected chi connectivity index (χ0v) is 10.4. The molecule has 1 saturated heterocycles. The fourth-order valence-electron chi connectivity index (χ4n) is 2.07. The maximum atomic E-state index is 12.3. The SMILES string of the molecule is CCC(C)(C(=O)N1CCC(CO)C1)C(N)=NO. The highest BCUT2D eigenvalue weighted by Gasteiger charge is 2.41. The number of aliphatic hydroxyl groups excluding tert-OH is 1. The van der Waals surface area contributed by atoms with Gasteiger partial charge in [0, 0.05) is 25.6 Å². The minimum absolute atomic E-state index is 0.0579. The number of amides is 1. The van der Waals surface area contributed by atoms with Crippen molar-refractivity contribution in [2.45, 2.75) is 26.7 Å². The maximum Gasteiger partial charge on any atom is 0.236 e.